The highest BCUT2D eigenvalue weighted by molar-refractivity contribution is 5.39. The van der Waals surface area contributed by atoms with E-state index in [9.17, 15) is 5.11 Å². The zero-order valence-electron chi connectivity index (χ0n) is 13.0. The maximum atomic E-state index is 9.22. The Morgan fingerprint density at radius 2 is 1.76 bits per heavy atom. The van der Waals surface area contributed by atoms with Crippen molar-refractivity contribution in [2.45, 2.75) is 38.6 Å². The first-order valence-corrected chi connectivity index (χ1v) is 8.04. The van der Waals surface area contributed by atoms with Crippen molar-refractivity contribution in [3.8, 4) is 11.5 Å². The number of aliphatic hydroxyl groups is 1. The number of benzene rings is 1. The lowest BCUT2D eigenvalue weighted by molar-refractivity contribution is 0.128. The number of ether oxygens (including phenoxy) is 2. The van der Waals surface area contributed by atoms with Crippen LogP contribution in [0.5, 0.6) is 11.5 Å². The zero-order chi connectivity index (χ0) is 14.9. The van der Waals surface area contributed by atoms with Gasteiger partial charge in [-0.3, -0.25) is 4.90 Å². The van der Waals surface area contributed by atoms with E-state index in [2.05, 4.69) is 4.90 Å². The molecule has 21 heavy (non-hydrogen) atoms. The van der Waals surface area contributed by atoms with Gasteiger partial charge in [-0.1, -0.05) is 25.0 Å². The minimum absolute atomic E-state index is 0.214. The normalized spacial score (nSPS) is 15.6. The smallest absolute Gasteiger partial charge is 0.161 e. The third-order valence-electron chi connectivity index (χ3n) is 4.01. The number of rotatable bonds is 9. The molecule has 0 aliphatic heterocycles. The first kappa shape index (κ1) is 16.1. The highest BCUT2D eigenvalue weighted by Gasteiger charge is 2.21. The molecule has 0 heterocycles. The average Bonchev–Trinajstić information content (AvgIpc) is 3.02. The molecule has 1 saturated carbocycles. The molecule has 4 heteroatoms. The molecule has 0 amide bonds. The number of hydrogen-bond acceptors (Lipinski definition) is 4. The molecule has 4 nitrogen and oxygen atoms in total. The molecule has 0 spiro atoms. The van der Waals surface area contributed by atoms with Crippen LogP contribution < -0.4 is 9.47 Å². The Morgan fingerprint density at radius 3 is 2.38 bits per heavy atom. The molecule has 118 valence electrons. The summed E-state index contributed by atoms with van der Waals surface area (Å²) in [5.41, 5.74) is 0. The van der Waals surface area contributed by atoms with Crippen LogP contribution in [0.25, 0.3) is 0 Å². The minimum atomic E-state index is 0.214. The molecule has 1 aliphatic rings. The van der Waals surface area contributed by atoms with Gasteiger partial charge in [-0.2, -0.15) is 0 Å². The van der Waals surface area contributed by atoms with Gasteiger partial charge in [0.1, 0.15) is 6.61 Å². The van der Waals surface area contributed by atoms with E-state index in [4.69, 9.17) is 9.47 Å². The Hall–Kier alpha value is -1.26. The molecule has 0 atom stereocenters. The average molecular weight is 293 g/mol. The van der Waals surface area contributed by atoms with Gasteiger partial charge in [-0.05, 0) is 31.9 Å². The Balaban J connectivity index is 1.84. The molecule has 1 aromatic carbocycles. The molecular weight excluding hydrogens is 266 g/mol. The summed E-state index contributed by atoms with van der Waals surface area (Å²) >= 11 is 0. The van der Waals surface area contributed by atoms with Crippen molar-refractivity contribution >= 4 is 0 Å². The van der Waals surface area contributed by atoms with Gasteiger partial charge in [0.05, 0.1) is 13.2 Å². The zero-order valence-corrected chi connectivity index (χ0v) is 13.0. The van der Waals surface area contributed by atoms with Crippen LogP contribution in [0.15, 0.2) is 24.3 Å². The van der Waals surface area contributed by atoms with Crippen molar-refractivity contribution in [1.29, 1.82) is 0 Å². The van der Waals surface area contributed by atoms with Crippen LogP contribution in [0.3, 0.4) is 0 Å². The van der Waals surface area contributed by atoms with Crippen molar-refractivity contribution in [2.75, 3.05) is 32.9 Å². The van der Waals surface area contributed by atoms with Gasteiger partial charge in [0, 0.05) is 19.1 Å². The van der Waals surface area contributed by atoms with Crippen LogP contribution in [0.1, 0.15) is 32.6 Å². The van der Waals surface area contributed by atoms with E-state index in [0.717, 1.165) is 24.6 Å². The van der Waals surface area contributed by atoms with E-state index in [1.807, 2.05) is 31.2 Å². The summed E-state index contributed by atoms with van der Waals surface area (Å²) in [4.78, 5) is 2.36. The molecule has 0 aromatic heterocycles. The largest absolute Gasteiger partial charge is 0.490 e. The second-order valence-electron chi connectivity index (χ2n) is 5.43. The second kappa shape index (κ2) is 8.90. The van der Waals surface area contributed by atoms with Crippen LogP contribution in [0, 0.1) is 0 Å². The third-order valence-corrected chi connectivity index (χ3v) is 4.01. The minimum Gasteiger partial charge on any atom is -0.490 e. The van der Waals surface area contributed by atoms with E-state index in [1.54, 1.807) is 0 Å². The fourth-order valence-electron chi connectivity index (χ4n) is 2.99. The third kappa shape index (κ3) is 4.90. The molecular formula is C17H27NO3. The maximum Gasteiger partial charge on any atom is 0.161 e. The molecule has 1 aromatic rings. The topological polar surface area (TPSA) is 41.9 Å². The number of aliphatic hydroxyl groups excluding tert-OH is 1. The first-order valence-electron chi connectivity index (χ1n) is 8.04. The highest BCUT2D eigenvalue weighted by Crippen LogP contribution is 2.27. The molecule has 0 unspecified atom stereocenters. The lowest BCUT2D eigenvalue weighted by Crippen LogP contribution is -2.38. The number of para-hydroxylation sites is 2. The van der Waals surface area contributed by atoms with E-state index in [0.29, 0.717) is 19.3 Å². The summed E-state index contributed by atoms with van der Waals surface area (Å²) in [6.45, 7) is 5.04. The first-order chi connectivity index (χ1) is 10.3. The Bertz CT molecular complexity index is 405. The molecule has 0 radical (unpaired) electrons. The van der Waals surface area contributed by atoms with Crippen LogP contribution in [-0.4, -0.2) is 49.0 Å². The van der Waals surface area contributed by atoms with Gasteiger partial charge in [0.2, 0.25) is 0 Å². The molecule has 1 aliphatic carbocycles. The van der Waals surface area contributed by atoms with Crippen LogP contribution in [-0.2, 0) is 0 Å². The predicted molar refractivity (Wildman–Crippen MR) is 84.0 cm³/mol. The molecule has 0 saturated heterocycles. The predicted octanol–water partition coefficient (Wildman–Crippen LogP) is 2.70. The molecule has 1 fully saturated rings. The van der Waals surface area contributed by atoms with E-state index in [-0.39, 0.29) is 6.61 Å². The number of hydrogen-bond donors (Lipinski definition) is 1. The Morgan fingerprint density at radius 1 is 1.10 bits per heavy atom. The Kier molecular flexibility index (Phi) is 6.83. The van der Waals surface area contributed by atoms with Crippen molar-refractivity contribution in [2.24, 2.45) is 0 Å². The highest BCUT2D eigenvalue weighted by atomic mass is 16.5. The number of nitrogens with zero attached hydrogens (tertiary/aromatic N) is 1. The standard InChI is InChI=1S/C17H27NO3/c1-2-20-16-9-5-6-10-17(16)21-14-12-18(11-13-19)15-7-3-4-8-15/h5-6,9-10,15,19H,2-4,7-8,11-14H2,1H3. The lowest BCUT2D eigenvalue weighted by atomic mass is 10.2. The SMILES string of the molecule is CCOc1ccccc1OCCN(CCO)C1CCCC1. The van der Waals surface area contributed by atoms with Gasteiger partial charge in [-0.15, -0.1) is 0 Å². The summed E-state index contributed by atoms with van der Waals surface area (Å²) in [7, 11) is 0. The second-order valence-corrected chi connectivity index (χ2v) is 5.43. The fraction of sp³-hybridized carbons (Fsp3) is 0.647. The van der Waals surface area contributed by atoms with Gasteiger partial charge >= 0.3 is 0 Å². The molecule has 1 N–H and O–H groups in total. The summed E-state index contributed by atoms with van der Waals surface area (Å²) in [6.07, 6.45) is 5.10. The fourth-order valence-corrected chi connectivity index (χ4v) is 2.99. The van der Waals surface area contributed by atoms with E-state index in [1.165, 1.54) is 25.7 Å². The van der Waals surface area contributed by atoms with Crippen LogP contribution in [0.2, 0.25) is 0 Å². The Labute approximate surface area is 127 Å². The van der Waals surface area contributed by atoms with Gasteiger partial charge in [0.25, 0.3) is 0 Å². The summed E-state index contributed by atoms with van der Waals surface area (Å²) < 4.78 is 11.4. The van der Waals surface area contributed by atoms with E-state index >= 15 is 0 Å². The summed E-state index contributed by atoms with van der Waals surface area (Å²) in [5, 5.41) is 9.22. The van der Waals surface area contributed by atoms with Crippen molar-refractivity contribution in [1.82, 2.24) is 4.90 Å². The monoisotopic (exact) mass is 293 g/mol. The molecule has 0 bridgehead atoms. The van der Waals surface area contributed by atoms with Crippen molar-refractivity contribution < 1.29 is 14.6 Å². The summed E-state index contributed by atoms with van der Waals surface area (Å²) in [6, 6.07) is 8.40. The molecule has 2 rings (SSSR count). The van der Waals surface area contributed by atoms with Crippen molar-refractivity contribution in [3.05, 3.63) is 24.3 Å². The van der Waals surface area contributed by atoms with Crippen LogP contribution in [0.4, 0.5) is 0 Å². The lowest BCUT2D eigenvalue weighted by Gasteiger charge is -2.28. The van der Waals surface area contributed by atoms with E-state index < -0.39 is 0 Å². The van der Waals surface area contributed by atoms with Gasteiger partial charge in [-0.25, -0.2) is 0 Å². The van der Waals surface area contributed by atoms with Crippen molar-refractivity contribution in [3.63, 3.8) is 0 Å². The maximum absolute atomic E-state index is 9.22. The van der Waals surface area contributed by atoms with Crippen LogP contribution >= 0.6 is 0 Å². The van der Waals surface area contributed by atoms with Gasteiger partial charge < -0.3 is 14.6 Å². The quantitative estimate of drug-likeness (QED) is 0.760. The summed E-state index contributed by atoms with van der Waals surface area (Å²) in [5.74, 6) is 1.60. The van der Waals surface area contributed by atoms with Gasteiger partial charge in [0.15, 0.2) is 11.5 Å².